The number of aliphatic carboxylic acids is 2. The van der Waals surface area contributed by atoms with Crippen LogP contribution in [0.25, 0.3) is 11.1 Å². The number of phenolic OH excluding ortho intramolecular Hbond substituents is 3. The van der Waals surface area contributed by atoms with Gasteiger partial charge in [0.1, 0.15) is 138 Å². The number of hydrogen-bond donors (Lipinski definition) is 24. The van der Waals surface area contributed by atoms with Crippen LogP contribution >= 0.6 is 23.2 Å². The van der Waals surface area contributed by atoms with Crippen molar-refractivity contribution >= 4 is 82.4 Å². The van der Waals surface area contributed by atoms with Crippen molar-refractivity contribution < 1.29 is 167 Å². The molecular formula is C89H95Cl2N9O34. The van der Waals surface area contributed by atoms with Crippen LogP contribution < -0.4 is 67.2 Å². The summed E-state index contributed by atoms with van der Waals surface area (Å²) >= 11 is 14.7. The number of aliphatic hydroxyl groups is 10. The lowest BCUT2D eigenvalue weighted by Crippen LogP contribution is -2.66. The monoisotopic (exact) mass is 1900 g/mol. The number of aromatic hydroxyl groups is 3. The molecule has 3 saturated heterocycles. The van der Waals surface area contributed by atoms with Gasteiger partial charge in [-0.3, -0.25) is 38.4 Å². The molecule has 9 heterocycles. The van der Waals surface area contributed by atoms with Crippen LogP contribution in [0, 0.1) is 0 Å². The lowest BCUT2D eigenvalue weighted by molar-refractivity contribution is -0.355. The van der Waals surface area contributed by atoms with Gasteiger partial charge >= 0.3 is 11.9 Å². The highest BCUT2D eigenvalue weighted by Gasteiger charge is 2.56. The Hall–Kier alpha value is -12.2. The molecule has 134 heavy (non-hydrogen) atoms. The number of carboxylic acid groups (broad SMARTS) is 2. The third-order valence-corrected chi connectivity index (χ3v) is 24.8. The summed E-state index contributed by atoms with van der Waals surface area (Å²) in [6, 6.07) is 0.550. The van der Waals surface area contributed by atoms with Crippen LogP contribution in [0.2, 0.25) is 10.0 Å². The molecule has 0 radical (unpaired) electrons. The number of carbonyl (C=O) groups is 10. The van der Waals surface area contributed by atoms with Gasteiger partial charge < -0.3 is 167 Å². The van der Waals surface area contributed by atoms with Crippen molar-refractivity contribution in [3.8, 4) is 68.6 Å². The summed E-state index contributed by atoms with van der Waals surface area (Å²) in [7, 11) is 0. The maximum absolute atomic E-state index is 17.1. The molecular weight excluding hydrogens is 1810 g/mol. The van der Waals surface area contributed by atoms with Gasteiger partial charge in [-0.05, 0) is 135 Å². The maximum Gasteiger partial charge on any atom is 0.335 e. The van der Waals surface area contributed by atoms with Crippen LogP contribution in [0.15, 0.2) is 115 Å². The average Bonchev–Trinajstić information content (AvgIpc) is 1.55. The zero-order valence-corrected chi connectivity index (χ0v) is 72.3. The molecule has 7 aromatic rings. The molecule has 0 saturated carbocycles. The molecule has 8 amide bonds. The number of nitrogens with two attached hydrogens (primary N) is 1. The van der Waals surface area contributed by atoms with E-state index in [1.54, 1.807) is 0 Å². The second-order valence-corrected chi connectivity index (χ2v) is 34.3. The fraction of sp³-hybridized carbons (Fsp3) is 0.416. The fourth-order valence-corrected chi connectivity index (χ4v) is 17.8. The zero-order valence-electron chi connectivity index (χ0n) is 70.8. The number of carboxylic acids is 2. The minimum atomic E-state index is -3.19. The predicted molar refractivity (Wildman–Crippen MR) is 456 cm³/mol. The lowest BCUT2D eigenvalue weighted by Gasteiger charge is -2.44. The number of fused-ring (bicyclic) bond motifs is 11. The van der Waals surface area contributed by atoms with E-state index in [4.69, 9.17) is 71.6 Å². The molecule has 45 heteroatoms. The second kappa shape index (κ2) is 39.8. The first-order valence-corrected chi connectivity index (χ1v) is 43.3. The molecule has 17 bridgehead atoms. The number of halogens is 2. The van der Waals surface area contributed by atoms with Crippen molar-refractivity contribution in [3.63, 3.8) is 0 Å². The normalized spacial score (nSPS) is 29.9. The minimum absolute atomic E-state index is 0.0143. The van der Waals surface area contributed by atoms with Crippen molar-refractivity contribution in [3.05, 3.63) is 175 Å². The molecule has 25 N–H and O–H groups in total. The quantitative estimate of drug-likeness (QED) is 0.0369. The van der Waals surface area contributed by atoms with Gasteiger partial charge in [-0.25, -0.2) is 9.59 Å². The molecule has 1 aliphatic carbocycles. The summed E-state index contributed by atoms with van der Waals surface area (Å²) in [6.07, 6.45) is -25.8. The standard InChI is InChI=1S/C89H95Cl2N9O34/c1-3-4-5-6-7-8-9-10-58(107)95-66-71(111)73(113)77(85(123)124)133-87(66)132-76-54-26-39-27-55(76)128-52-18-14-37(24-48(52)91)75(131-86-65(93-33(2)103)70(110)68(108)56(31-101)129-86)67-83(120)99-64(84(121)122)44-29-41(105)30-46-59(44)43-23-36(12-15-45(43)89(46,125)134-88-74(114)72(112)69(109)57(32-102)130-88)61(80(117)100-67)97-82(119)63(39)98-81(118)62-38-21-40(104)28-42(22-38)126-53-25-35(13-16-50(53)106)60(92)79(116)94-49(78(115)96-62)20-34-11-17-51(127-54)47(90)19-34/h11-19,21-30,49,56-57,60-75,77,86-88,101-102,104-106,108-114,125H,3-10,20,31-32,92H2,1-2H3,(H,93,103)(H,94,116)(H,95,107)(H,96,115)(H,97,119)(H,98,118)(H,99,120)(H,100,117)(H,121,122)(H,123,124)/t49-,56-,57-,60-,61-,62+,63-,64+,65-,66-,67+,68-,69-,70-,71-,72+,73+,74+,75-,77+,86+,87-,88-,89?/m1/s1. The molecule has 24 atom stereocenters. The van der Waals surface area contributed by atoms with Crippen LogP contribution in [0.3, 0.4) is 0 Å². The number of nitrogens with one attached hydrogen (secondary N) is 8. The van der Waals surface area contributed by atoms with E-state index < -0.39 is 320 Å². The van der Waals surface area contributed by atoms with Gasteiger partial charge in [0, 0.05) is 37.0 Å². The van der Waals surface area contributed by atoms with E-state index in [-0.39, 0.29) is 39.8 Å². The summed E-state index contributed by atoms with van der Waals surface area (Å²) in [5.74, 6) is -23.4. The van der Waals surface area contributed by atoms with Gasteiger partial charge in [0.05, 0.1) is 23.3 Å². The molecule has 714 valence electrons. The summed E-state index contributed by atoms with van der Waals surface area (Å²) in [6.45, 7) is 0.869. The van der Waals surface area contributed by atoms with Crippen LogP contribution in [0.5, 0.6) is 57.5 Å². The van der Waals surface area contributed by atoms with Gasteiger partial charge in [0.2, 0.25) is 65.1 Å². The third-order valence-electron chi connectivity index (χ3n) is 24.3. The molecule has 10 aliphatic rings. The first-order chi connectivity index (χ1) is 63.8. The number of ether oxygens (including phenoxy) is 9. The van der Waals surface area contributed by atoms with Gasteiger partial charge in [0.15, 0.2) is 47.7 Å². The Morgan fingerprint density at radius 3 is 1.75 bits per heavy atom. The molecule has 3 fully saturated rings. The van der Waals surface area contributed by atoms with E-state index in [2.05, 4.69) is 42.5 Å². The van der Waals surface area contributed by atoms with E-state index in [0.29, 0.717) is 12.8 Å². The summed E-state index contributed by atoms with van der Waals surface area (Å²) in [5.41, 5.74) is 2.11. The van der Waals surface area contributed by atoms with E-state index >= 15 is 24.0 Å². The Kier molecular flexibility index (Phi) is 28.6. The minimum Gasteiger partial charge on any atom is -0.508 e. The third kappa shape index (κ3) is 19.6. The smallest absolute Gasteiger partial charge is 0.335 e. The highest BCUT2D eigenvalue weighted by molar-refractivity contribution is 6.32. The summed E-state index contributed by atoms with van der Waals surface area (Å²) in [5, 5.41) is 191. The Morgan fingerprint density at radius 2 is 1.10 bits per heavy atom. The lowest BCUT2D eigenvalue weighted by atomic mass is 9.90. The number of aliphatic hydroxyl groups excluding tert-OH is 9. The number of amides is 8. The van der Waals surface area contributed by atoms with Gasteiger partial charge in [-0.1, -0.05) is 99.0 Å². The highest BCUT2D eigenvalue weighted by atomic mass is 35.5. The number of phenols is 3. The SMILES string of the molecule is CCCCCCCCCC(=O)N[C@H]1[C@H](Oc2c3cc4cc2Oc2ccc(cc2Cl)[C@@H](O[C@@H]2O[C@H](CO)[C@@H](O)[C@H](O)[C@H]2NC(C)=O)[C@@H]2NC(=O)[C@H](NC(=O)[C@@H]4NC(=O)[C@H]4NC(=O)[C@@H](Cc5ccc(c(Cl)c5)O3)NC(=O)[C@H](N)c3ccc(O)c(c3)Oc3cc(O)cc4c3)c3ccc4c(c3)-c3c(cc(O)cc3C4(O)O[C@H]3O[C@H](CO)[C@@H](O)[C@H](O)[C@@H]3O)[C@@H](C(=O)O)NC2=O)O[C@H](C(=O)O)[C@@H](O)[C@@H]1O. The van der Waals surface area contributed by atoms with Gasteiger partial charge in [-0.15, -0.1) is 0 Å². The zero-order chi connectivity index (χ0) is 96.1. The first-order valence-electron chi connectivity index (χ1n) is 42.6. The fourth-order valence-electron chi connectivity index (χ4n) is 17.3. The van der Waals surface area contributed by atoms with Crippen LogP contribution in [0.4, 0.5) is 0 Å². The van der Waals surface area contributed by atoms with Crippen LogP contribution in [-0.4, -0.2) is 253 Å². The Labute approximate surface area is 769 Å². The van der Waals surface area contributed by atoms with Crippen LogP contribution in [0.1, 0.15) is 152 Å². The second-order valence-electron chi connectivity index (χ2n) is 33.5. The molecule has 0 spiro atoms. The van der Waals surface area contributed by atoms with E-state index in [9.17, 15) is 101 Å². The first kappa shape index (κ1) is 96.4. The van der Waals surface area contributed by atoms with Gasteiger partial charge in [0.25, 0.3) is 0 Å². The molecule has 17 rings (SSSR count). The highest BCUT2D eigenvalue weighted by Crippen LogP contribution is 2.55. The Bertz CT molecular complexity index is 5760. The van der Waals surface area contributed by atoms with Crippen molar-refractivity contribution in [2.45, 2.75) is 218 Å². The van der Waals surface area contributed by atoms with Crippen molar-refractivity contribution in [2.75, 3.05) is 13.2 Å². The molecule has 0 aromatic heterocycles. The number of rotatable bonds is 20. The summed E-state index contributed by atoms with van der Waals surface area (Å²) in [4.78, 5) is 152. The Balaban J connectivity index is 0.991. The molecule has 1 unspecified atom stereocenters. The molecule has 43 nitrogen and oxygen atoms in total. The topological polar surface area (TPSA) is 679 Å². The van der Waals surface area contributed by atoms with Crippen LogP contribution in [-0.2, 0) is 83.8 Å². The van der Waals surface area contributed by atoms with E-state index in [1.165, 1.54) is 30.3 Å². The average molecular weight is 1910 g/mol. The number of carbonyl (C=O) groups excluding carboxylic acids is 8. The Morgan fingerprint density at radius 1 is 0.515 bits per heavy atom. The largest absolute Gasteiger partial charge is 0.508 e. The van der Waals surface area contributed by atoms with Crippen molar-refractivity contribution in [1.29, 1.82) is 0 Å². The van der Waals surface area contributed by atoms with Crippen molar-refractivity contribution in [2.24, 2.45) is 5.73 Å². The predicted octanol–water partition coefficient (Wildman–Crippen LogP) is 0.695. The van der Waals surface area contributed by atoms with Gasteiger partial charge in [-0.2, -0.15) is 0 Å². The number of hydrogen-bond acceptors (Lipinski definition) is 33. The van der Waals surface area contributed by atoms with E-state index in [1.807, 2.05) is 6.92 Å². The number of unbranched alkanes of at least 4 members (excludes halogenated alkanes) is 6. The maximum atomic E-state index is 17.1. The summed E-state index contributed by atoms with van der Waals surface area (Å²) < 4.78 is 57.1. The van der Waals surface area contributed by atoms with E-state index in [0.717, 1.165) is 124 Å². The number of benzene rings is 7. The van der Waals surface area contributed by atoms with Crippen molar-refractivity contribution in [1.82, 2.24) is 42.5 Å². The molecule has 7 aromatic carbocycles. The molecule has 9 aliphatic heterocycles.